The monoisotopic (exact) mass is 426 g/mol. The summed E-state index contributed by atoms with van der Waals surface area (Å²) in [7, 11) is 0. The number of nitrogens with zero attached hydrogens (tertiary/aromatic N) is 1. The maximum absolute atomic E-state index is 12.5. The van der Waals surface area contributed by atoms with E-state index in [0.717, 1.165) is 36.5 Å². The molecule has 0 aliphatic carbocycles. The van der Waals surface area contributed by atoms with Crippen LogP contribution in [0.3, 0.4) is 0 Å². The number of esters is 1. The summed E-state index contributed by atoms with van der Waals surface area (Å²) in [5.74, 6) is -0.591. The maximum Gasteiger partial charge on any atom is 0.341 e. The number of halogens is 1. The Morgan fingerprint density at radius 2 is 2.20 bits per heavy atom. The molecule has 1 aliphatic heterocycles. The van der Waals surface area contributed by atoms with Crippen molar-refractivity contribution in [2.75, 3.05) is 25.0 Å². The van der Waals surface area contributed by atoms with Crippen molar-refractivity contribution in [3.05, 3.63) is 38.6 Å². The van der Waals surface area contributed by atoms with Gasteiger partial charge in [0, 0.05) is 18.0 Å². The summed E-state index contributed by atoms with van der Waals surface area (Å²) in [4.78, 5) is 28.3. The van der Waals surface area contributed by atoms with Crippen LogP contribution >= 0.6 is 27.3 Å². The van der Waals surface area contributed by atoms with Crippen LogP contribution in [0.15, 0.2) is 21.2 Å². The van der Waals surface area contributed by atoms with Crippen molar-refractivity contribution in [1.82, 2.24) is 4.90 Å². The molecule has 6 nitrogen and oxygen atoms in total. The van der Waals surface area contributed by atoms with Crippen LogP contribution < -0.4 is 5.32 Å². The summed E-state index contributed by atoms with van der Waals surface area (Å²) in [5, 5.41) is 3.34. The van der Waals surface area contributed by atoms with Gasteiger partial charge in [-0.05, 0) is 53.5 Å². The van der Waals surface area contributed by atoms with E-state index in [1.54, 1.807) is 19.1 Å². The first-order valence-electron chi connectivity index (χ1n) is 8.14. The molecule has 3 heterocycles. The quantitative estimate of drug-likeness (QED) is 0.733. The fourth-order valence-corrected chi connectivity index (χ4v) is 4.41. The highest BCUT2D eigenvalue weighted by atomic mass is 79.9. The second-order valence-corrected chi connectivity index (χ2v) is 7.49. The Morgan fingerprint density at radius 1 is 1.40 bits per heavy atom. The number of furan rings is 1. The number of amides is 1. The highest BCUT2D eigenvalue weighted by Gasteiger charge is 2.29. The third-order valence-electron chi connectivity index (χ3n) is 4.09. The minimum Gasteiger partial charge on any atom is -0.462 e. The van der Waals surface area contributed by atoms with Crippen molar-refractivity contribution in [2.45, 2.75) is 26.8 Å². The molecule has 0 unspecified atom stereocenters. The maximum atomic E-state index is 12.5. The molecule has 0 saturated heterocycles. The first-order chi connectivity index (χ1) is 12.0. The number of likely N-dealkylation sites (N-methyl/N-ethyl adjacent to an activating group) is 1. The molecule has 3 rings (SSSR count). The summed E-state index contributed by atoms with van der Waals surface area (Å²) in [5.41, 5.74) is 1.47. The van der Waals surface area contributed by atoms with Gasteiger partial charge in [-0.2, -0.15) is 0 Å². The predicted octanol–water partition coefficient (Wildman–Crippen LogP) is 3.91. The Kier molecular flexibility index (Phi) is 5.61. The predicted molar refractivity (Wildman–Crippen MR) is 99.3 cm³/mol. The summed E-state index contributed by atoms with van der Waals surface area (Å²) < 4.78 is 11.0. The van der Waals surface area contributed by atoms with Crippen LogP contribution in [0.2, 0.25) is 0 Å². The minimum absolute atomic E-state index is 0.184. The van der Waals surface area contributed by atoms with Gasteiger partial charge in [0.2, 0.25) is 0 Å². The Labute approximate surface area is 158 Å². The van der Waals surface area contributed by atoms with Crippen molar-refractivity contribution in [2.24, 2.45) is 0 Å². The lowest BCUT2D eigenvalue weighted by atomic mass is 10.0. The molecule has 2 aromatic rings. The number of ether oxygens (including phenoxy) is 1. The number of anilines is 1. The number of hydrogen-bond donors (Lipinski definition) is 1. The second kappa shape index (κ2) is 7.72. The number of thiophene rings is 1. The standard InChI is InChI=1S/C17H19BrN2O4S/c1-3-20-8-7-10-12(9-20)25-16(14(10)17(22)23-4-2)19-15(21)11-5-6-13(18)24-11/h5-6H,3-4,7-9H2,1-2H3,(H,19,21). The van der Waals surface area contributed by atoms with Crippen molar-refractivity contribution in [1.29, 1.82) is 0 Å². The van der Waals surface area contributed by atoms with Crippen molar-refractivity contribution < 1.29 is 18.7 Å². The molecule has 1 aliphatic rings. The molecular formula is C17H19BrN2O4S. The lowest BCUT2D eigenvalue weighted by Gasteiger charge is -2.25. The zero-order valence-corrected chi connectivity index (χ0v) is 16.5. The lowest BCUT2D eigenvalue weighted by Crippen LogP contribution is -2.30. The van der Waals surface area contributed by atoms with Crippen LogP contribution in [0.5, 0.6) is 0 Å². The third-order valence-corrected chi connectivity index (χ3v) is 5.65. The molecule has 0 aromatic carbocycles. The average Bonchev–Trinajstić information content (AvgIpc) is 3.17. The average molecular weight is 427 g/mol. The first-order valence-corrected chi connectivity index (χ1v) is 9.75. The first kappa shape index (κ1) is 18.2. The van der Waals surface area contributed by atoms with E-state index in [2.05, 4.69) is 33.1 Å². The van der Waals surface area contributed by atoms with E-state index in [4.69, 9.17) is 9.15 Å². The van der Waals surface area contributed by atoms with E-state index in [9.17, 15) is 9.59 Å². The molecule has 0 spiro atoms. The summed E-state index contributed by atoms with van der Waals surface area (Å²) in [6, 6.07) is 3.23. The number of rotatable bonds is 5. The SMILES string of the molecule is CCOC(=O)c1c(NC(=O)c2ccc(Br)o2)sc2c1CCN(CC)C2. The Hall–Kier alpha value is -1.64. The molecule has 1 N–H and O–H groups in total. The topological polar surface area (TPSA) is 71.8 Å². The van der Waals surface area contributed by atoms with Crippen LogP contribution in [0.25, 0.3) is 0 Å². The van der Waals surface area contributed by atoms with E-state index in [0.29, 0.717) is 21.8 Å². The van der Waals surface area contributed by atoms with Gasteiger partial charge in [0.1, 0.15) is 5.00 Å². The third kappa shape index (κ3) is 3.80. The van der Waals surface area contributed by atoms with Crippen LogP contribution in [0, 0.1) is 0 Å². The zero-order chi connectivity index (χ0) is 18.0. The van der Waals surface area contributed by atoms with Gasteiger partial charge >= 0.3 is 5.97 Å². The van der Waals surface area contributed by atoms with Crippen LogP contribution in [0.4, 0.5) is 5.00 Å². The summed E-state index contributed by atoms with van der Waals surface area (Å²) >= 11 is 4.62. The smallest absolute Gasteiger partial charge is 0.341 e. The van der Waals surface area contributed by atoms with Gasteiger partial charge in [0.15, 0.2) is 10.4 Å². The Morgan fingerprint density at radius 3 is 2.84 bits per heavy atom. The van der Waals surface area contributed by atoms with Gasteiger partial charge in [0.25, 0.3) is 5.91 Å². The van der Waals surface area contributed by atoms with E-state index in [-0.39, 0.29) is 17.6 Å². The fraction of sp³-hybridized carbons (Fsp3) is 0.412. The van der Waals surface area contributed by atoms with Gasteiger partial charge in [-0.25, -0.2) is 4.79 Å². The van der Waals surface area contributed by atoms with Crippen LogP contribution in [-0.2, 0) is 17.7 Å². The summed E-state index contributed by atoms with van der Waals surface area (Å²) in [6.45, 7) is 6.81. The van der Waals surface area contributed by atoms with Crippen LogP contribution in [0.1, 0.15) is 45.2 Å². The molecule has 0 atom stereocenters. The van der Waals surface area contributed by atoms with E-state index in [1.807, 2.05) is 0 Å². The van der Waals surface area contributed by atoms with E-state index in [1.165, 1.54) is 11.3 Å². The van der Waals surface area contributed by atoms with Gasteiger partial charge < -0.3 is 14.5 Å². The zero-order valence-electron chi connectivity index (χ0n) is 14.1. The Bertz CT molecular complexity index is 799. The number of carbonyl (C=O) groups is 2. The molecule has 0 radical (unpaired) electrons. The number of carbonyl (C=O) groups excluding carboxylic acids is 2. The molecule has 0 bridgehead atoms. The van der Waals surface area contributed by atoms with Crippen molar-refractivity contribution in [3.8, 4) is 0 Å². The molecule has 8 heteroatoms. The lowest BCUT2D eigenvalue weighted by molar-refractivity contribution is 0.0526. The highest BCUT2D eigenvalue weighted by Crippen LogP contribution is 2.38. The van der Waals surface area contributed by atoms with Crippen LogP contribution in [-0.4, -0.2) is 36.5 Å². The van der Waals surface area contributed by atoms with Gasteiger partial charge in [-0.3, -0.25) is 9.69 Å². The van der Waals surface area contributed by atoms with E-state index >= 15 is 0 Å². The molecule has 25 heavy (non-hydrogen) atoms. The minimum atomic E-state index is -0.388. The van der Waals surface area contributed by atoms with E-state index < -0.39 is 0 Å². The van der Waals surface area contributed by atoms with Gasteiger partial charge in [-0.1, -0.05) is 6.92 Å². The fourth-order valence-electron chi connectivity index (χ4n) is 2.83. The van der Waals surface area contributed by atoms with Gasteiger partial charge in [0.05, 0.1) is 12.2 Å². The van der Waals surface area contributed by atoms with Gasteiger partial charge in [-0.15, -0.1) is 11.3 Å². The number of fused-ring (bicyclic) bond motifs is 1. The molecule has 0 fully saturated rings. The second-order valence-electron chi connectivity index (χ2n) is 5.61. The highest BCUT2D eigenvalue weighted by molar-refractivity contribution is 9.10. The molecule has 134 valence electrons. The van der Waals surface area contributed by atoms with Crippen molar-refractivity contribution in [3.63, 3.8) is 0 Å². The van der Waals surface area contributed by atoms with Crippen molar-refractivity contribution >= 4 is 44.1 Å². The number of hydrogen-bond acceptors (Lipinski definition) is 6. The number of nitrogens with one attached hydrogen (secondary N) is 1. The summed E-state index contributed by atoms with van der Waals surface area (Å²) in [6.07, 6.45) is 0.774. The normalized spacial score (nSPS) is 14.2. The molecule has 0 saturated carbocycles. The molecular weight excluding hydrogens is 408 g/mol. The largest absolute Gasteiger partial charge is 0.462 e. The Balaban J connectivity index is 1.93. The molecule has 2 aromatic heterocycles. The molecule has 1 amide bonds.